The van der Waals surface area contributed by atoms with Gasteiger partial charge < -0.3 is 4.74 Å². The van der Waals surface area contributed by atoms with Crippen molar-refractivity contribution in [1.29, 1.82) is 0 Å². The number of benzene rings is 1. The van der Waals surface area contributed by atoms with E-state index in [4.69, 9.17) is 4.74 Å². The zero-order valence-electron chi connectivity index (χ0n) is 11.5. The predicted molar refractivity (Wildman–Crippen MR) is 70.9 cm³/mol. The molecule has 0 radical (unpaired) electrons. The maximum atomic E-state index is 12.0. The van der Waals surface area contributed by atoms with E-state index in [1.54, 1.807) is 0 Å². The van der Waals surface area contributed by atoms with Crippen LogP contribution < -0.4 is 4.74 Å². The van der Waals surface area contributed by atoms with Crippen LogP contribution in [0, 0.1) is 13.8 Å². The Labute approximate surface area is 104 Å². The lowest BCUT2D eigenvalue weighted by Gasteiger charge is -2.14. The lowest BCUT2D eigenvalue weighted by molar-refractivity contribution is 0.0980. The van der Waals surface area contributed by atoms with Crippen molar-refractivity contribution in [3.8, 4) is 5.75 Å². The molecule has 0 saturated carbocycles. The number of hydrogen-bond donors (Lipinski definition) is 0. The van der Waals surface area contributed by atoms with Crippen molar-refractivity contribution in [2.75, 3.05) is 0 Å². The zero-order valence-corrected chi connectivity index (χ0v) is 11.5. The second-order valence-electron chi connectivity index (χ2n) is 4.77. The molecule has 0 aliphatic carbocycles. The summed E-state index contributed by atoms with van der Waals surface area (Å²) in [5.41, 5.74) is 2.89. The van der Waals surface area contributed by atoms with E-state index in [-0.39, 0.29) is 11.9 Å². The minimum absolute atomic E-state index is 0.158. The highest BCUT2D eigenvalue weighted by molar-refractivity contribution is 5.98. The van der Waals surface area contributed by atoms with Crippen LogP contribution in [0.5, 0.6) is 5.75 Å². The van der Waals surface area contributed by atoms with Gasteiger partial charge in [0.05, 0.1) is 6.10 Å². The highest BCUT2D eigenvalue weighted by atomic mass is 16.5. The third-order valence-electron chi connectivity index (χ3n) is 2.63. The largest absolute Gasteiger partial charge is 0.491 e. The van der Waals surface area contributed by atoms with Crippen LogP contribution in [0.1, 0.15) is 55.1 Å². The number of rotatable bonds is 5. The van der Waals surface area contributed by atoms with Crippen LogP contribution in [-0.4, -0.2) is 11.9 Å². The van der Waals surface area contributed by atoms with Crippen molar-refractivity contribution < 1.29 is 9.53 Å². The van der Waals surface area contributed by atoms with Crippen molar-refractivity contribution in [2.24, 2.45) is 0 Å². The van der Waals surface area contributed by atoms with Gasteiger partial charge in [0, 0.05) is 12.0 Å². The number of aryl methyl sites for hydroxylation is 2. The Morgan fingerprint density at radius 2 is 1.76 bits per heavy atom. The zero-order chi connectivity index (χ0) is 13.0. The lowest BCUT2D eigenvalue weighted by atomic mass is 9.96. The summed E-state index contributed by atoms with van der Waals surface area (Å²) in [4.78, 5) is 12.0. The molecule has 0 N–H and O–H groups in total. The summed E-state index contributed by atoms with van der Waals surface area (Å²) in [6.45, 7) is 9.98. The summed E-state index contributed by atoms with van der Waals surface area (Å²) in [7, 11) is 0. The highest BCUT2D eigenvalue weighted by Gasteiger charge is 2.13. The van der Waals surface area contributed by atoms with Crippen molar-refractivity contribution in [3.05, 3.63) is 28.8 Å². The van der Waals surface area contributed by atoms with Crippen LogP contribution in [0.4, 0.5) is 0 Å². The molecule has 0 aliphatic rings. The average molecular weight is 234 g/mol. The molecule has 0 aromatic heterocycles. The van der Waals surface area contributed by atoms with Gasteiger partial charge in [-0.05, 0) is 57.4 Å². The lowest BCUT2D eigenvalue weighted by Crippen LogP contribution is -2.08. The second-order valence-corrected chi connectivity index (χ2v) is 4.77. The molecule has 0 bridgehead atoms. The molecule has 1 aromatic rings. The van der Waals surface area contributed by atoms with Gasteiger partial charge in [-0.2, -0.15) is 0 Å². The molecule has 2 nitrogen and oxygen atoms in total. The van der Waals surface area contributed by atoms with E-state index in [0.717, 1.165) is 28.9 Å². The predicted octanol–water partition coefficient (Wildman–Crippen LogP) is 4.07. The number of hydrogen-bond acceptors (Lipinski definition) is 2. The average Bonchev–Trinajstić information content (AvgIpc) is 2.15. The monoisotopic (exact) mass is 234 g/mol. The van der Waals surface area contributed by atoms with Crippen LogP contribution in [0.2, 0.25) is 0 Å². The number of Topliss-reactive ketones (excluding diaryl/α,β-unsaturated/α-hetero) is 1. The minimum Gasteiger partial charge on any atom is -0.491 e. The molecule has 0 fully saturated rings. The van der Waals surface area contributed by atoms with Gasteiger partial charge >= 0.3 is 0 Å². The van der Waals surface area contributed by atoms with Crippen LogP contribution in [0.3, 0.4) is 0 Å². The number of carbonyl (C=O) groups is 1. The molecule has 0 unspecified atom stereocenters. The Bertz CT molecular complexity index is 382. The molecule has 94 valence electrons. The van der Waals surface area contributed by atoms with Gasteiger partial charge in [-0.1, -0.05) is 6.92 Å². The number of ether oxygens (including phenoxy) is 1. The van der Waals surface area contributed by atoms with Crippen molar-refractivity contribution in [3.63, 3.8) is 0 Å². The maximum Gasteiger partial charge on any atom is 0.163 e. The Balaban J connectivity index is 3.06. The van der Waals surface area contributed by atoms with E-state index in [9.17, 15) is 4.79 Å². The van der Waals surface area contributed by atoms with E-state index in [2.05, 4.69) is 0 Å². The van der Waals surface area contributed by atoms with Gasteiger partial charge in [-0.15, -0.1) is 0 Å². The van der Waals surface area contributed by atoms with E-state index in [0.29, 0.717) is 6.42 Å². The van der Waals surface area contributed by atoms with E-state index >= 15 is 0 Å². The summed E-state index contributed by atoms with van der Waals surface area (Å²) in [6, 6.07) is 3.91. The molecule has 1 rings (SSSR count). The van der Waals surface area contributed by atoms with Gasteiger partial charge in [-0.25, -0.2) is 0 Å². The van der Waals surface area contributed by atoms with Crippen molar-refractivity contribution in [1.82, 2.24) is 0 Å². The molecule has 1 aromatic carbocycles. The summed E-state index contributed by atoms with van der Waals surface area (Å²) in [5, 5.41) is 0. The normalized spacial score (nSPS) is 10.7. The summed E-state index contributed by atoms with van der Waals surface area (Å²) < 4.78 is 5.66. The molecule has 0 spiro atoms. The SMILES string of the molecule is CCCC(=O)c1c(C)cc(OC(C)C)cc1C. The maximum absolute atomic E-state index is 12.0. The molecule has 0 aliphatic heterocycles. The van der Waals surface area contributed by atoms with E-state index in [1.807, 2.05) is 46.8 Å². The van der Waals surface area contributed by atoms with Crippen LogP contribution >= 0.6 is 0 Å². The smallest absolute Gasteiger partial charge is 0.163 e. The minimum atomic E-state index is 0.158. The Kier molecular flexibility index (Phi) is 4.73. The van der Waals surface area contributed by atoms with Gasteiger partial charge in [0.1, 0.15) is 5.75 Å². The first kappa shape index (κ1) is 13.8. The van der Waals surface area contributed by atoms with Gasteiger partial charge in [-0.3, -0.25) is 4.79 Å². The van der Waals surface area contributed by atoms with E-state index in [1.165, 1.54) is 0 Å². The number of carbonyl (C=O) groups excluding carboxylic acids is 1. The highest BCUT2D eigenvalue weighted by Crippen LogP contribution is 2.24. The Morgan fingerprint density at radius 1 is 1.24 bits per heavy atom. The molecule has 0 saturated heterocycles. The molecule has 0 atom stereocenters. The molecule has 17 heavy (non-hydrogen) atoms. The molecule has 0 amide bonds. The van der Waals surface area contributed by atoms with Crippen LogP contribution in [0.15, 0.2) is 12.1 Å². The Hall–Kier alpha value is -1.31. The summed E-state index contributed by atoms with van der Waals surface area (Å²) in [6.07, 6.45) is 1.67. The van der Waals surface area contributed by atoms with Crippen molar-refractivity contribution >= 4 is 5.78 Å². The number of ketones is 1. The summed E-state index contributed by atoms with van der Waals surface area (Å²) >= 11 is 0. The second kappa shape index (κ2) is 5.85. The summed E-state index contributed by atoms with van der Waals surface area (Å²) in [5.74, 6) is 1.08. The van der Waals surface area contributed by atoms with Gasteiger partial charge in [0.15, 0.2) is 5.78 Å². The molecule has 2 heteroatoms. The van der Waals surface area contributed by atoms with Crippen LogP contribution in [0.25, 0.3) is 0 Å². The molecular formula is C15H22O2. The topological polar surface area (TPSA) is 26.3 Å². The van der Waals surface area contributed by atoms with Crippen LogP contribution in [-0.2, 0) is 0 Å². The quantitative estimate of drug-likeness (QED) is 0.718. The third kappa shape index (κ3) is 3.58. The fourth-order valence-electron chi connectivity index (χ4n) is 2.06. The third-order valence-corrected chi connectivity index (χ3v) is 2.63. The Morgan fingerprint density at radius 3 is 2.18 bits per heavy atom. The first-order valence-corrected chi connectivity index (χ1v) is 6.26. The van der Waals surface area contributed by atoms with Gasteiger partial charge in [0.2, 0.25) is 0 Å². The molecule has 0 heterocycles. The molecular weight excluding hydrogens is 212 g/mol. The first-order chi connectivity index (χ1) is 7.95. The first-order valence-electron chi connectivity index (χ1n) is 6.26. The van der Waals surface area contributed by atoms with Crippen molar-refractivity contribution in [2.45, 2.75) is 53.6 Å². The van der Waals surface area contributed by atoms with E-state index < -0.39 is 0 Å². The van der Waals surface area contributed by atoms with Gasteiger partial charge in [0.25, 0.3) is 0 Å². The fraction of sp³-hybridized carbons (Fsp3) is 0.533. The fourth-order valence-corrected chi connectivity index (χ4v) is 2.06. The standard InChI is InChI=1S/C15H22O2/c1-6-7-14(16)15-11(4)8-13(9-12(15)5)17-10(2)3/h8-10H,6-7H2,1-5H3.